The Bertz CT molecular complexity index is 251. The van der Waals surface area contributed by atoms with E-state index in [-0.39, 0.29) is 5.54 Å². The summed E-state index contributed by atoms with van der Waals surface area (Å²) in [7, 11) is 4.25. The zero-order valence-electron chi connectivity index (χ0n) is 10.7. The van der Waals surface area contributed by atoms with Gasteiger partial charge in [-0.3, -0.25) is 10.4 Å². The Morgan fingerprint density at radius 1 is 1.56 bits per heavy atom. The summed E-state index contributed by atoms with van der Waals surface area (Å²) < 4.78 is 0. The van der Waals surface area contributed by atoms with Gasteiger partial charge in [0.2, 0.25) is 5.96 Å². The van der Waals surface area contributed by atoms with Gasteiger partial charge in [-0.1, -0.05) is 19.8 Å². The highest BCUT2D eigenvalue weighted by Crippen LogP contribution is 2.35. The fourth-order valence-corrected chi connectivity index (χ4v) is 2.60. The van der Waals surface area contributed by atoms with E-state index in [9.17, 15) is 0 Å². The van der Waals surface area contributed by atoms with Crippen molar-refractivity contribution in [3.8, 4) is 0 Å². The van der Waals surface area contributed by atoms with E-state index in [4.69, 9.17) is 11.6 Å². The summed E-state index contributed by atoms with van der Waals surface area (Å²) in [5.41, 5.74) is 8.11. The van der Waals surface area contributed by atoms with E-state index in [1.54, 1.807) is 0 Å². The lowest BCUT2D eigenvalue weighted by Crippen LogP contribution is -2.51. The van der Waals surface area contributed by atoms with Gasteiger partial charge in [0.15, 0.2) is 0 Å². The number of likely N-dealkylation sites (N-methyl/N-ethyl adjacent to an activating group) is 1. The SMILES string of the molecule is CC1CCCC(CN=C(N)NN)(N(C)C)C1. The van der Waals surface area contributed by atoms with Crippen LogP contribution in [0.1, 0.15) is 32.6 Å². The van der Waals surface area contributed by atoms with Gasteiger partial charge in [0.05, 0.1) is 6.54 Å². The van der Waals surface area contributed by atoms with E-state index >= 15 is 0 Å². The molecule has 2 atom stereocenters. The molecule has 1 rings (SSSR count). The lowest BCUT2D eigenvalue weighted by atomic mass is 9.75. The third kappa shape index (κ3) is 3.09. The van der Waals surface area contributed by atoms with Crippen LogP contribution < -0.4 is 17.0 Å². The maximum absolute atomic E-state index is 5.58. The Labute approximate surface area is 98.2 Å². The standard InChI is InChI=1S/C11H25N5/c1-9-5-4-6-11(7-9,16(2)3)8-14-10(12)15-13/h9H,4-8,13H2,1-3H3,(H3,12,14,15). The van der Waals surface area contributed by atoms with Crippen molar-refractivity contribution < 1.29 is 0 Å². The molecule has 1 fully saturated rings. The minimum Gasteiger partial charge on any atom is -0.369 e. The zero-order valence-corrected chi connectivity index (χ0v) is 10.7. The van der Waals surface area contributed by atoms with Gasteiger partial charge < -0.3 is 10.6 Å². The summed E-state index contributed by atoms with van der Waals surface area (Å²) >= 11 is 0. The molecule has 1 aliphatic rings. The van der Waals surface area contributed by atoms with Crippen LogP contribution in [0.25, 0.3) is 0 Å². The molecule has 0 heterocycles. The predicted molar refractivity (Wildman–Crippen MR) is 67.9 cm³/mol. The molecule has 5 heteroatoms. The lowest BCUT2D eigenvalue weighted by Gasteiger charge is -2.44. The first kappa shape index (κ1) is 13.3. The van der Waals surface area contributed by atoms with E-state index in [2.05, 4.69) is 36.3 Å². The van der Waals surface area contributed by atoms with Crippen LogP contribution in [0, 0.1) is 5.92 Å². The van der Waals surface area contributed by atoms with E-state index < -0.39 is 0 Å². The van der Waals surface area contributed by atoms with Crippen LogP contribution >= 0.6 is 0 Å². The molecule has 1 saturated carbocycles. The van der Waals surface area contributed by atoms with E-state index in [1.807, 2.05) is 0 Å². The van der Waals surface area contributed by atoms with Crippen molar-refractivity contribution >= 4 is 5.96 Å². The Kier molecular flexibility index (Phi) is 4.56. The molecule has 2 unspecified atom stereocenters. The molecule has 0 aromatic heterocycles. The van der Waals surface area contributed by atoms with Gasteiger partial charge in [-0.05, 0) is 32.9 Å². The first-order chi connectivity index (χ1) is 7.50. The molecule has 0 spiro atoms. The Morgan fingerprint density at radius 2 is 2.25 bits per heavy atom. The van der Waals surface area contributed by atoms with Crippen LogP contribution in [0.4, 0.5) is 0 Å². The van der Waals surface area contributed by atoms with Gasteiger partial charge in [-0.15, -0.1) is 0 Å². The second-order valence-electron chi connectivity index (χ2n) is 5.17. The van der Waals surface area contributed by atoms with Gasteiger partial charge in [-0.2, -0.15) is 0 Å². The van der Waals surface area contributed by atoms with E-state index in [0.29, 0.717) is 5.96 Å². The van der Waals surface area contributed by atoms with Crippen molar-refractivity contribution in [2.45, 2.75) is 38.1 Å². The first-order valence-corrected chi connectivity index (χ1v) is 5.94. The van der Waals surface area contributed by atoms with Crippen molar-refractivity contribution in [3.63, 3.8) is 0 Å². The maximum atomic E-state index is 5.58. The van der Waals surface area contributed by atoms with Crippen molar-refractivity contribution in [2.24, 2.45) is 22.5 Å². The molecule has 1 aliphatic carbocycles. The minimum absolute atomic E-state index is 0.152. The second kappa shape index (κ2) is 5.50. The van der Waals surface area contributed by atoms with Crippen molar-refractivity contribution in [2.75, 3.05) is 20.6 Å². The average molecular weight is 227 g/mol. The number of nitrogens with zero attached hydrogens (tertiary/aromatic N) is 2. The van der Waals surface area contributed by atoms with Gasteiger partial charge in [0, 0.05) is 5.54 Å². The summed E-state index contributed by atoms with van der Waals surface area (Å²) in [6.07, 6.45) is 4.96. The maximum Gasteiger partial charge on any atom is 0.203 e. The van der Waals surface area contributed by atoms with Crippen molar-refractivity contribution in [3.05, 3.63) is 0 Å². The number of nitrogens with two attached hydrogens (primary N) is 2. The molecule has 0 saturated heterocycles. The molecule has 16 heavy (non-hydrogen) atoms. The number of hydrogen-bond acceptors (Lipinski definition) is 3. The van der Waals surface area contributed by atoms with Gasteiger partial charge in [0.1, 0.15) is 0 Å². The molecule has 5 N–H and O–H groups in total. The summed E-state index contributed by atoms with van der Waals surface area (Å²) in [5, 5.41) is 0. The van der Waals surface area contributed by atoms with E-state index in [0.717, 1.165) is 12.5 Å². The highest BCUT2D eigenvalue weighted by Gasteiger charge is 2.36. The Balaban J connectivity index is 2.72. The van der Waals surface area contributed by atoms with Crippen LogP contribution in [-0.2, 0) is 0 Å². The molecule has 0 amide bonds. The van der Waals surface area contributed by atoms with Gasteiger partial charge in [0.25, 0.3) is 0 Å². The predicted octanol–water partition coefficient (Wildman–Crippen LogP) is 0.275. The van der Waals surface area contributed by atoms with Crippen molar-refractivity contribution in [1.82, 2.24) is 10.3 Å². The molecule has 0 aliphatic heterocycles. The normalized spacial score (nSPS) is 31.8. The molecule has 0 bridgehead atoms. The number of hydrogen-bond donors (Lipinski definition) is 3. The molecular formula is C11H25N5. The summed E-state index contributed by atoms with van der Waals surface area (Å²) in [4.78, 5) is 6.60. The number of aliphatic imine (C=N–C) groups is 1. The fourth-order valence-electron chi connectivity index (χ4n) is 2.60. The van der Waals surface area contributed by atoms with Crippen molar-refractivity contribution in [1.29, 1.82) is 0 Å². The molecule has 94 valence electrons. The smallest absolute Gasteiger partial charge is 0.203 e. The lowest BCUT2D eigenvalue weighted by molar-refractivity contribution is 0.0845. The molecule has 5 nitrogen and oxygen atoms in total. The van der Waals surface area contributed by atoms with Gasteiger partial charge in [-0.25, -0.2) is 5.84 Å². The molecule has 0 radical (unpaired) electrons. The van der Waals surface area contributed by atoms with Crippen LogP contribution in [0.2, 0.25) is 0 Å². The highest BCUT2D eigenvalue weighted by molar-refractivity contribution is 5.77. The Morgan fingerprint density at radius 3 is 2.75 bits per heavy atom. The number of guanidine groups is 1. The van der Waals surface area contributed by atoms with Gasteiger partial charge >= 0.3 is 0 Å². The van der Waals surface area contributed by atoms with Crippen LogP contribution in [0.5, 0.6) is 0 Å². The quantitative estimate of drug-likeness (QED) is 0.280. The van der Waals surface area contributed by atoms with Crippen LogP contribution in [0.3, 0.4) is 0 Å². The third-order valence-corrected chi connectivity index (χ3v) is 3.71. The minimum atomic E-state index is 0.152. The van der Waals surface area contributed by atoms with Crippen LogP contribution in [0.15, 0.2) is 4.99 Å². The number of rotatable bonds is 3. The average Bonchev–Trinajstić information content (AvgIpc) is 2.25. The monoisotopic (exact) mass is 227 g/mol. The molecule has 0 aromatic carbocycles. The third-order valence-electron chi connectivity index (χ3n) is 3.71. The van der Waals surface area contributed by atoms with Crippen LogP contribution in [-0.4, -0.2) is 37.0 Å². The molecular weight excluding hydrogens is 202 g/mol. The number of nitrogens with one attached hydrogen (secondary N) is 1. The zero-order chi connectivity index (χ0) is 12.2. The highest BCUT2D eigenvalue weighted by atomic mass is 15.3. The summed E-state index contributed by atoms with van der Waals surface area (Å²) in [6, 6.07) is 0. The molecule has 0 aromatic rings. The summed E-state index contributed by atoms with van der Waals surface area (Å²) in [6.45, 7) is 3.03. The topological polar surface area (TPSA) is 79.7 Å². The Hall–Kier alpha value is -0.810. The second-order valence-corrected chi connectivity index (χ2v) is 5.17. The first-order valence-electron chi connectivity index (χ1n) is 5.94. The fraction of sp³-hybridized carbons (Fsp3) is 0.909. The van der Waals surface area contributed by atoms with E-state index in [1.165, 1.54) is 25.7 Å². The summed E-state index contributed by atoms with van der Waals surface area (Å²) in [5.74, 6) is 6.30. The number of hydrazine groups is 1. The largest absolute Gasteiger partial charge is 0.369 e.